The third kappa shape index (κ3) is 5.82. The fourth-order valence-electron chi connectivity index (χ4n) is 2.45. The Morgan fingerprint density at radius 2 is 1.97 bits per heavy atom. The second kappa shape index (κ2) is 10.1. The van der Waals surface area contributed by atoms with Gasteiger partial charge in [-0.05, 0) is 60.2 Å². The van der Waals surface area contributed by atoms with Crippen molar-refractivity contribution in [1.82, 2.24) is 5.43 Å². The Kier molecular flexibility index (Phi) is 7.01. The molecule has 0 aliphatic carbocycles. The number of hydrazone groups is 1. The molecule has 0 atom stereocenters. The van der Waals surface area contributed by atoms with Crippen molar-refractivity contribution in [1.29, 1.82) is 0 Å². The molecule has 0 saturated heterocycles. The molecule has 0 aliphatic rings. The molecular formula is C21H19N3O5S. The van der Waals surface area contributed by atoms with Crippen molar-refractivity contribution < 1.29 is 23.8 Å². The van der Waals surface area contributed by atoms with Crippen LogP contribution in [0, 0.1) is 0 Å². The van der Waals surface area contributed by atoms with E-state index in [1.54, 1.807) is 30.5 Å². The quantitative estimate of drug-likeness (QED) is 0.284. The lowest BCUT2D eigenvalue weighted by molar-refractivity contribution is 0.0658. The summed E-state index contributed by atoms with van der Waals surface area (Å²) in [5.74, 6) is 0.101. The van der Waals surface area contributed by atoms with Crippen molar-refractivity contribution in [3.8, 4) is 11.5 Å². The van der Waals surface area contributed by atoms with E-state index in [0.717, 1.165) is 11.3 Å². The first kappa shape index (κ1) is 20.9. The third-order valence-electron chi connectivity index (χ3n) is 3.84. The number of carboxylic acids is 1. The van der Waals surface area contributed by atoms with Gasteiger partial charge in [-0.1, -0.05) is 18.2 Å². The van der Waals surface area contributed by atoms with Gasteiger partial charge >= 0.3 is 5.97 Å². The molecule has 1 heterocycles. The number of anilines is 1. The monoisotopic (exact) mass is 425 g/mol. The molecule has 0 radical (unpaired) electrons. The molecule has 0 spiro atoms. The topological polar surface area (TPSA) is 105 Å². The molecule has 0 bridgehead atoms. The minimum atomic E-state index is -1.13. The Hall–Kier alpha value is -3.85. The van der Waals surface area contributed by atoms with Gasteiger partial charge in [0.25, 0.3) is 0 Å². The molecular weight excluding hydrogens is 406 g/mol. The molecule has 0 aliphatic heterocycles. The zero-order valence-corrected chi connectivity index (χ0v) is 16.8. The van der Waals surface area contributed by atoms with Gasteiger partial charge in [0, 0.05) is 5.69 Å². The van der Waals surface area contributed by atoms with E-state index in [0.29, 0.717) is 22.4 Å². The summed E-state index contributed by atoms with van der Waals surface area (Å²) < 4.78 is 16.2. The van der Waals surface area contributed by atoms with Gasteiger partial charge in [0.05, 0.1) is 13.3 Å². The summed E-state index contributed by atoms with van der Waals surface area (Å²) in [5.41, 5.74) is 4.37. The summed E-state index contributed by atoms with van der Waals surface area (Å²) >= 11 is 5.19. The Labute approximate surface area is 178 Å². The SMILES string of the molecule is COc1cc(/C=N/NC(=S)Nc2ccccc2)ccc1OCc1ccc(C(=O)O)o1. The molecule has 0 saturated carbocycles. The number of hydrogen-bond acceptors (Lipinski definition) is 6. The lowest BCUT2D eigenvalue weighted by Crippen LogP contribution is -2.23. The average molecular weight is 425 g/mol. The maximum atomic E-state index is 10.9. The summed E-state index contributed by atoms with van der Waals surface area (Å²) in [6.07, 6.45) is 1.59. The summed E-state index contributed by atoms with van der Waals surface area (Å²) in [7, 11) is 1.52. The van der Waals surface area contributed by atoms with E-state index in [1.807, 2.05) is 30.3 Å². The molecule has 9 heteroatoms. The number of carboxylic acid groups (broad SMARTS) is 1. The molecule has 0 amide bonds. The van der Waals surface area contributed by atoms with Gasteiger partial charge in [-0.25, -0.2) is 4.79 Å². The summed E-state index contributed by atoms with van der Waals surface area (Å²) in [6.45, 7) is 0.0675. The maximum absolute atomic E-state index is 10.9. The Morgan fingerprint density at radius 3 is 2.67 bits per heavy atom. The van der Waals surface area contributed by atoms with Crippen LogP contribution in [-0.2, 0) is 6.61 Å². The second-order valence-electron chi connectivity index (χ2n) is 5.96. The van der Waals surface area contributed by atoms with E-state index in [-0.39, 0.29) is 12.4 Å². The lowest BCUT2D eigenvalue weighted by atomic mass is 10.2. The number of methoxy groups -OCH3 is 1. The highest BCUT2D eigenvalue weighted by atomic mass is 32.1. The van der Waals surface area contributed by atoms with Crippen molar-refractivity contribution >= 4 is 35.2 Å². The first-order chi connectivity index (χ1) is 14.5. The van der Waals surface area contributed by atoms with E-state index < -0.39 is 5.97 Å². The van der Waals surface area contributed by atoms with E-state index in [9.17, 15) is 4.79 Å². The van der Waals surface area contributed by atoms with Crippen LogP contribution < -0.4 is 20.2 Å². The van der Waals surface area contributed by atoms with Crippen LogP contribution in [0.15, 0.2) is 70.2 Å². The molecule has 0 unspecified atom stereocenters. The zero-order valence-electron chi connectivity index (χ0n) is 16.0. The predicted octanol–water partition coefficient (Wildman–Crippen LogP) is 3.89. The van der Waals surface area contributed by atoms with Crippen LogP contribution in [0.3, 0.4) is 0 Å². The van der Waals surface area contributed by atoms with E-state index in [1.165, 1.54) is 13.2 Å². The molecule has 1 aromatic heterocycles. The van der Waals surface area contributed by atoms with Crippen LogP contribution in [0.2, 0.25) is 0 Å². The largest absolute Gasteiger partial charge is 0.493 e. The number of ether oxygens (including phenoxy) is 2. The standard InChI is InChI=1S/C21H19N3O5S/c1-27-19-11-14(12-22-24-21(30)23-15-5-3-2-4-6-15)7-9-17(19)28-13-16-8-10-18(29-16)20(25)26/h2-12H,13H2,1H3,(H,25,26)(H2,23,24,30)/b22-12+. The number of thiocarbonyl (C=S) groups is 1. The van der Waals surface area contributed by atoms with Crippen molar-refractivity contribution in [2.45, 2.75) is 6.61 Å². The highest BCUT2D eigenvalue weighted by Crippen LogP contribution is 2.28. The third-order valence-corrected chi connectivity index (χ3v) is 4.03. The Bertz CT molecular complexity index is 1050. The van der Waals surface area contributed by atoms with Crippen molar-refractivity contribution in [2.75, 3.05) is 12.4 Å². The fourth-order valence-corrected chi connectivity index (χ4v) is 2.62. The number of furan rings is 1. The van der Waals surface area contributed by atoms with Gasteiger partial charge in [0.1, 0.15) is 12.4 Å². The normalized spacial score (nSPS) is 10.6. The average Bonchev–Trinajstić information content (AvgIpc) is 3.23. The predicted molar refractivity (Wildman–Crippen MR) is 116 cm³/mol. The van der Waals surface area contributed by atoms with Gasteiger partial charge in [-0.2, -0.15) is 5.10 Å². The van der Waals surface area contributed by atoms with Crippen LogP contribution in [0.5, 0.6) is 11.5 Å². The summed E-state index contributed by atoms with van der Waals surface area (Å²) in [5, 5.41) is 16.4. The summed E-state index contributed by atoms with van der Waals surface area (Å²) in [4.78, 5) is 10.9. The number of hydrogen-bond donors (Lipinski definition) is 3. The molecule has 3 rings (SSSR count). The molecule has 154 valence electrons. The van der Waals surface area contributed by atoms with Gasteiger partial charge in [-0.3, -0.25) is 5.43 Å². The number of nitrogens with one attached hydrogen (secondary N) is 2. The van der Waals surface area contributed by atoms with E-state index in [4.69, 9.17) is 31.2 Å². The number of para-hydroxylation sites is 1. The first-order valence-corrected chi connectivity index (χ1v) is 9.24. The fraction of sp³-hybridized carbons (Fsp3) is 0.0952. The molecule has 3 aromatic rings. The minimum absolute atomic E-state index is 0.0675. The highest BCUT2D eigenvalue weighted by molar-refractivity contribution is 7.80. The van der Waals surface area contributed by atoms with Crippen LogP contribution in [-0.4, -0.2) is 29.5 Å². The number of rotatable bonds is 8. The zero-order chi connectivity index (χ0) is 21.3. The number of carbonyl (C=O) groups is 1. The smallest absolute Gasteiger partial charge is 0.371 e. The molecule has 30 heavy (non-hydrogen) atoms. The van der Waals surface area contributed by atoms with Crippen LogP contribution in [0.1, 0.15) is 21.9 Å². The van der Waals surface area contributed by atoms with Crippen molar-refractivity contribution in [3.63, 3.8) is 0 Å². The van der Waals surface area contributed by atoms with Crippen LogP contribution in [0.4, 0.5) is 5.69 Å². The van der Waals surface area contributed by atoms with Gasteiger partial charge in [-0.15, -0.1) is 0 Å². The van der Waals surface area contributed by atoms with Gasteiger partial charge < -0.3 is 24.3 Å². The maximum Gasteiger partial charge on any atom is 0.371 e. The first-order valence-electron chi connectivity index (χ1n) is 8.83. The Morgan fingerprint density at radius 1 is 1.17 bits per heavy atom. The van der Waals surface area contributed by atoms with Gasteiger partial charge in [0.2, 0.25) is 5.76 Å². The van der Waals surface area contributed by atoms with E-state index >= 15 is 0 Å². The molecule has 3 N–H and O–H groups in total. The van der Waals surface area contributed by atoms with Crippen LogP contribution >= 0.6 is 12.2 Å². The number of nitrogens with zero attached hydrogens (tertiary/aromatic N) is 1. The number of benzene rings is 2. The minimum Gasteiger partial charge on any atom is -0.493 e. The molecule has 2 aromatic carbocycles. The molecule has 8 nitrogen and oxygen atoms in total. The van der Waals surface area contributed by atoms with E-state index in [2.05, 4.69) is 15.8 Å². The van der Waals surface area contributed by atoms with Crippen LogP contribution in [0.25, 0.3) is 0 Å². The van der Waals surface area contributed by atoms with Crippen molar-refractivity contribution in [3.05, 3.63) is 77.7 Å². The Balaban J connectivity index is 1.57. The summed E-state index contributed by atoms with van der Waals surface area (Å²) in [6, 6.07) is 17.7. The second-order valence-corrected chi connectivity index (χ2v) is 6.37. The molecule has 0 fully saturated rings. The lowest BCUT2D eigenvalue weighted by Gasteiger charge is -2.10. The highest BCUT2D eigenvalue weighted by Gasteiger charge is 2.11. The van der Waals surface area contributed by atoms with Crippen molar-refractivity contribution in [2.24, 2.45) is 5.10 Å². The number of aromatic carboxylic acids is 1. The van der Waals surface area contributed by atoms with Gasteiger partial charge in [0.15, 0.2) is 16.6 Å².